The fourth-order valence-electron chi connectivity index (χ4n) is 2.24. The first-order valence-corrected chi connectivity index (χ1v) is 7.08. The fraction of sp³-hybridized carbons (Fsp3) is 0.667. The van der Waals surface area contributed by atoms with Crippen molar-refractivity contribution in [2.75, 3.05) is 40.3 Å². The summed E-state index contributed by atoms with van der Waals surface area (Å²) in [6.45, 7) is 3.68. The second kappa shape index (κ2) is 5.56. The normalized spacial score (nSPS) is 27.2. The Balaban J connectivity index is 2.19. The summed E-state index contributed by atoms with van der Waals surface area (Å²) < 4.78 is 19.6. The Morgan fingerprint density at radius 1 is 1.35 bits per heavy atom. The molecule has 3 nitrogen and oxygen atoms in total. The van der Waals surface area contributed by atoms with Gasteiger partial charge in [-0.05, 0) is 13.1 Å². The van der Waals surface area contributed by atoms with Crippen molar-refractivity contribution < 1.29 is 9.13 Å². The molecule has 1 fully saturated rings. The van der Waals surface area contributed by atoms with Crippen LogP contribution in [0.1, 0.15) is 6.42 Å². The van der Waals surface area contributed by atoms with E-state index in [0.29, 0.717) is 5.70 Å². The Kier molecular flexibility index (Phi) is 4.30. The van der Waals surface area contributed by atoms with Crippen molar-refractivity contribution in [2.45, 2.75) is 10.3 Å². The third-order valence-electron chi connectivity index (χ3n) is 3.26. The molecule has 0 N–H and O–H groups in total. The molecule has 0 radical (unpaired) electrons. The summed E-state index contributed by atoms with van der Waals surface area (Å²) in [7, 11) is 3.73. The maximum absolute atomic E-state index is 14.1. The van der Waals surface area contributed by atoms with Crippen molar-refractivity contribution in [3.05, 3.63) is 23.4 Å². The van der Waals surface area contributed by atoms with E-state index < -0.39 is 0 Å². The van der Waals surface area contributed by atoms with Gasteiger partial charge in [0.1, 0.15) is 17.3 Å². The minimum absolute atomic E-state index is 0.128. The van der Waals surface area contributed by atoms with E-state index in [4.69, 9.17) is 4.74 Å². The Labute approximate surface area is 115 Å². The minimum atomic E-state index is -0.128. The van der Waals surface area contributed by atoms with E-state index >= 15 is 0 Å². The maximum atomic E-state index is 14.1. The molecule has 96 valence electrons. The van der Waals surface area contributed by atoms with Crippen molar-refractivity contribution in [3.8, 4) is 0 Å². The second-order valence-corrected chi connectivity index (χ2v) is 6.10. The molecule has 0 bridgehead atoms. The summed E-state index contributed by atoms with van der Waals surface area (Å²) in [6, 6.07) is 0. The van der Waals surface area contributed by atoms with Gasteiger partial charge in [-0.15, -0.1) is 0 Å². The van der Waals surface area contributed by atoms with Gasteiger partial charge in [-0.3, -0.25) is 0 Å². The van der Waals surface area contributed by atoms with Crippen LogP contribution in [0.3, 0.4) is 0 Å². The summed E-state index contributed by atoms with van der Waals surface area (Å²) in [5.74, 6) is 0.658. The molecule has 0 aromatic carbocycles. The third-order valence-corrected chi connectivity index (χ3v) is 4.06. The van der Waals surface area contributed by atoms with E-state index in [1.807, 2.05) is 0 Å². The third kappa shape index (κ3) is 2.93. The topological polar surface area (TPSA) is 15.7 Å². The molecule has 1 heterocycles. The van der Waals surface area contributed by atoms with Gasteiger partial charge in [0, 0.05) is 36.5 Å². The van der Waals surface area contributed by atoms with Crippen LogP contribution < -0.4 is 0 Å². The number of rotatable bonds is 2. The summed E-state index contributed by atoms with van der Waals surface area (Å²) in [5.41, 5.74) is 0.675. The molecule has 5 heteroatoms. The number of alkyl halides is 1. The number of likely N-dealkylation sites (N-methyl/N-ethyl adjacent to an activating group) is 1. The number of hydrogen-bond donors (Lipinski definition) is 0. The molecule has 1 aliphatic carbocycles. The second-order valence-electron chi connectivity index (χ2n) is 4.50. The summed E-state index contributed by atoms with van der Waals surface area (Å²) in [5, 5.41) is 0. The number of methoxy groups -OCH3 is 1. The van der Waals surface area contributed by atoms with Crippen molar-refractivity contribution in [1.29, 1.82) is 0 Å². The van der Waals surface area contributed by atoms with Gasteiger partial charge < -0.3 is 14.5 Å². The van der Waals surface area contributed by atoms with Crippen molar-refractivity contribution in [1.82, 2.24) is 9.80 Å². The van der Waals surface area contributed by atoms with Gasteiger partial charge in [-0.25, -0.2) is 4.39 Å². The Bertz CT molecular complexity index is 348. The molecule has 0 aromatic heterocycles. The predicted octanol–water partition coefficient (Wildman–Crippen LogP) is 2.15. The van der Waals surface area contributed by atoms with Gasteiger partial charge in [0.25, 0.3) is 0 Å². The highest BCUT2D eigenvalue weighted by Gasteiger charge is 2.28. The zero-order valence-electron chi connectivity index (χ0n) is 10.2. The standard InChI is InChI=1S/C12H18FIN2O/c1-15-3-5-16(6-4-15)12-10(13)7-9(14)8-11(12)17-2/h7,9H,3-6,8H2,1-2H3. The molecule has 0 spiro atoms. The molecule has 1 aliphatic heterocycles. The first-order valence-electron chi connectivity index (χ1n) is 5.84. The minimum Gasteiger partial charge on any atom is -0.499 e. The molecule has 1 atom stereocenters. The number of nitrogens with zero attached hydrogens (tertiary/aromatic N) is 2. The highest BCUT2D eigenvalue weighted by Crippen LogP contribution is 2.33. The van der Waals surface area contributed by atoms with E-state index in [-0.39, 0.29) is 9.75 Å². The van der Waals surface area contributed by atoms with E-state index in [2.05, 4.69) is 39.4 Å². The summed E-state index contributed by atoms with van der Waals surface area (Å²) in [6.07, 6.45) is 2.48. The molecule has 17 heavy (non-hydrogen) atoms. The lowest BCUT2D eigenvalue weighted by molar-refractivity contribution is 0.168. The predicted molar refractivity (Wildman–Crippen MR) is 74.7 cm³/mol. The highest BCUT2D eigenvalue weighted by atomic mass is 127. The molecule has 0 saturated carbocycles. The van der Waals surface area contributed by atoms with E-state index in [1.165, 1.54) is 0 Å². The molecular formula is C12H18FIN2O. The molecular weight excluding hydrogens is 334 g/mol. The first kappa shape index (κ1) is 13.1. The van der Waals surface area contributed by atoms with E-state index in [1.54, 1.807) is 13.2 Å². The van der Waals surface area contributed by atoms with Crippen LogP contribution in [-0.2, 0) is 4.74 Å². The Morgan fingerprint density at radius 2 is 2.00 bits per heavy atom. The molecule has 1 saturated heterocycles. The van der Waals surface area contributed by atoms with Crippen LogP contribution in [0.4, 0.5) is 4.39 Å². The van der Waals surface area contributed by atoms with Gasteiger partial charge in [-0.1, -0.05) is 22.6 Å². The zero-order valence-corrected chi connectivity index (χ0v) is 12.4. The first-order chi connectivity index (χ1) is 8.11. The molecule has 0 amide bonds. The van der Waals surface area contributed by atoms with Crippen LogP contribution in [0.2, 0.25) is 0 Å². The van der Waals surface area contributed by atoms with Crippen LogP contribution in [0.15, 0.2) is 23.4 Å². The quantitative estimate of drug-likeness (QED) is 0.560. The van der Waals surface area contributed by atoms with Gasteiger partial charge in [0.15, 0.2) is 0 Å². The highest BCUT2D eigenvalue weighted by molar-refractivity contribution is 14.1. The Morgan fingerprint density at radius 3 is 2.59 bits per heavy atom. The van der Waals surface area contributed by atoms with Gasteiger partial charge >= 0.3 is 0 Å². The molecule has 1 unspecified atom stereocenters. The van der Waals surface area contributed by atoms with Crippen LogP contribution >= 0.6 is 22.6 Å². The summed E-state index contributed by atoms with van der Waals surface area (Å²) in [4.78, 5) is 4.36. The lowest BCUT2D eigenvalue weighted by Crippen LogP contribution is -2.44. The monoisotopic (exact) mass is 352 g/mol. The molecule has 2 rings (SSSR count). The SMILES string of the molecule is COC1=C(N2CCN(C)CC2)C(F)=CC(I)C1. The van der Waals surface area contributed by atoms with Crippen LogP contribution in [0.25, 0.3) is 0 Å². The van der Waals surface area contributed by atoms with E-state index in [9.17, 15) is 4.39 Å². The Hall–Kier alpha value is -0.300. The van der Waals surface area contributed by atoms with E-state index in [0.717, 1.165) is 38.4 Å². The van der Waals surface area contributed by atoms with Crippen molar-refractivity contribution in [3.63, 3.8) is 0 Å². The summed E-state index contributed by atoms with van der Waals surface area (Å²) >= 11 is 2.24. The van der Waals surface area contributed by atoms with Gasteiger partial charge in [-0.2, -0.15) is 0 Å². The van der Waals surface area contributed by atoms with Crippen LogP contribution in [0, 0.1) is 0 Å². The number of allylic oxidation sites excluding steroid dienone is 3. The van der Waals surface area contributed by atoms with Gasteiger partial charge in [0.05, 0.1) is 7.11 Å². The molecule has 0 aromatic rings. The van der Waals surface area contributed by atoms with Crippen LogP contribution in [-0.4, -0.2) is 54.1 Å². The average molecular weight is 352 g/mol. The van der Waals surface area contributed by atoms with Crippen LogP contribution in [0.5, 0.6) is 0 Å². The average Bonchev–Trinajstić information content (AvgIpc) is 2.30. The zero-order chi connectivity index (χ0) is 12.4. The maximum Gasteiger partial charge on any atom is 0.147 e. The van der Waals surface area contributed by atoms with Gasteiger partial charge in [0.2, 0.25) is 0 Å². The lowest BCUT2D eigenvalue weighted by Gasteiger charge is -2.37. The largest absolute Gasteiger partial charge is 0.499 e. The molecule has 2 aliphatic rings. The lowest BCUT2D eigenvalue weighted by atomic mass is 10.1. The smallest absolute Gasteiger partial charge is 0.147 e. The van der Waals surface area contributed by atoms with Crippen molar-refractivity contribution in [2.24, 2.45) is 0 Å². The fourth-order valence-corrected chi connectivity index (χ4v) is 2.96. The number of halogens is 2. The number of hydrogen-bond acceptors (Lipinski definition) is 3. The van der Waals surface area contributed by atoms with Crippen molar-refractivity contribution >= 4 is 22.6 Å². The number of piperazine rings is 1. The number of ether oxygens (including phenoxy) is 1.